The first-order valence-corrected chi connectivity index (χ1v) is 6.43. The van der Waals surface area contributed by atoms with E-state index >= 15 is 0 Å². The summed E-state index contributed by atoms with van der Waals surface area (Å²) in [6.45, 7) is 5.82. The van der Waals surface area contributed by atoms with Crippen LogP contribution in [0.3, 0.4) is 0 Å². The highest BCUT2D eigenvalue weighted by Gasteiger charge is 2.35. The fourth-order valence-corrected chi connectivity index (χ4v) is 1.49. The lowest BCUT2D eigenvalue weighted by Crippen LogP contribution is -2.47. The van der Waals surface area contributed by atoms with Gasteiger partial charge >= 0.3 is 24.0 Å². The molecule has 0 saturated heterocycles. The second-order valence-electron chi connectivity index (χ2n) is 5.62. The zero-order valence-corrected chi connectivity index (χ0v) is 13.2. The molecular weight excluding hydrogens is 298 g/mol. The van der Waals surface area contributed by atoms with Gasteiger partial charge < -0.3 is 19.7 Å². The lowest BCUT2D eigenvalue weighted by molar-refractivity contribution is -0.165. The molecule has 9 nitrogen and oxygen atoms in total. The van der Waals surface area contributed by atoms with Crippen LogP contribution in [-0.2, 0) is 23.9 Å². The van der Waals surface area contributed by atoms with Gasteiger partial charge in [-0.05, 0) is 20.8 Å². The third kappa shape index (κ3) is 6.91. The maximum atomic E-state index is 11.9. The largest absolute Gasteiger partial charge is 0.480 e. The number of carboxylic acid groups (broad SMARTS) is 2. The first kappa shape index (κ1) is 19.7. The van der Waals surface area contributed by atoms with Gasteiger partial charge in [-0.2, -0.15) is 0 Å². The zero-order chi connectivity index (χ0) is 17.7. The first-order chi connectivity index (χ1) is 9.85. The Bertz CT molecular complexity index is 453. The van der Waals surface area contributed by atoms with Crippen LogP contribution in [0.4, 0.5) is 4.79 Å². The van der Waals surface area contributed by atoms with E-state index in [1.54, 1.807) is 20.8 Å². The molecule has 2 atom stereocenters. The third-order valence-electron chi connectivity index (χ3n) is 2.46. The number of aliphatic carboxylic acids is 2. The van der Waals surface area contributed by atoms with Gasteiger partial charge in [-0.15, -0.1) is 0 Å². The van der Waals surface area contributed by atoms with Gasteiger partial charge in [0, 0.05) is 20.4 Å². The summed E-state index contributed by atoms with van der Waals surface area (Å²) in [6, 6.07) is -1.52. The molecule has 0 aromatic rings. The molecule has 0 fully saturated rings. The molecule has 126 valence electrons. The van der Waals surface area contributed by atoms with Gasteiger partial charge in [0.15, 0.2) is 0 Å². The number of carbonyl (C=O) groups is 4. The molecule has 0 aliphatic carbocycles. The van der Waals surface area contributed by atoms with E-state index in [1.165, 1.54) is 7.05 Å². The molecule has 0 aliphatic heterocycles. The molecule has 0 rings (SSSR count). The summed E-state index contributed by atoms with van der Waals surface area (Å²) in [5.41, 5.74) is -0.837. The minimum atomic E-state index is -1.68. The number of likely N-dealkylation sites (N-methyl/N-ethyl adjacent to an activating group) is 1. The number of hydrogen-bond acceptors (Lipinski definition) is 6. The Morgan fingerprint density at radius 3 is 1.91 bits per heavy atom. The molecule has 22 heavy (non-hydrogen) atoms. The number of esters is 1. The number of carboxylic acids is 2. The smallest absolute Gasteiger partial charge is 0.410 e. The maximum Gasteiger partial charge on any atom is 0.410 e. The lowest BCUT2D eigenvalue weighted by atomic mass is 10.1. The lowest BCUT2D eigenvalue weighted by Gasteiger charge is -2.29. The summed E-state index contributed by atoms with van der Waals surface area (Å²) in [7, 11) is 1.17. The number of ether oxygens (including phenoxy) is 2. The van der Waals surface area contributed by atoms with Crippen LogP contribution in [0.1, 0.15) is 34.1 Å². The summed E-state index contributed by atoms with van der Waals surface area (Å²) < 4.78 is 9.56. The van der Waals surface area contributed by atoms with E-state index in [4.69, 9.17) is 9.84 Å². The van der Waals surface area contributed by atoms with E-state index in [9.17, 15) is 24.3 Å². The van der Waals surface area contributed by atoms with Crippen molar-refractivity contribution in [2.45, 2.75) is 51.9 Å². The number of carbonyl (C=O) groups excluding carboxylic acids is 2. The minimum Gasteiger partial charge on any atom is -0.480 e. The van der Waals surface area contributed by atoms with Crippen molar-refractivity contribution in [3.8, 4) is 0 Å². The Morgan fingerprint density at radius 2 is 1.59 bits per heavy atom. The number of rotatable bonds is 6. The summed E-state index contributed by atoms with van der Waals surface area (Å²) >= 11 is 0. The van der Waals surface area contributed by atoms with Crippen molar-refractivity contribution in [2.75, 3.05) is 7.05 Å². The van der Waals surface area contributed by atoms with Gasteiger partial charge in [0.2, 0.25) is 6.10 Å². The molecule has 2 unspecified atom stereocenters. The topological polar surface area (TPSA) is 130 Å². The van der Waals surface area contributed by atoms with Crippen LogP contribution in [0, 0.1) is 0 Å². The molecule has 0 bridgehead atoms. The van der Waals surface area contributed by atoms with Gasteiger partial charge in [0.25, 0.3) is 0 Å². The maximum absolute atomic E-state index is 11.9. The van der Waals surface area contributed by atoms with Crippen LogP contribution in [0.2, 0.25) is 0 Å². The van der Waals surface area contributed by atoms with E-state index in [0.717, 1.165) is 11.8 Å². The molecule has 0 radical (unpaired) electrons. The van der Waals surface area contributed by atoms with Gasteiger partial charge in [0.1, 0.15) is 11.6 Å². The second-order valence-corrected chi connectivity index (χ2v) is 5.62. The Morgan fingerprint density at radius 1 is 1.09 bits per heavy atom. The third-order valence-corrected chi connectivity index (χ3v) is 2.46. The standard InChI is InChI=1S/C13H21NO8/c1-7(15)21-9(11(18)19)6-8(10(16)17)14(5)12(20)22-13(2,3)4/h8-9H,6H2,1-5H3,(H,16,17)(H,18,19). The molecule has 9 heteroatoms. The molecule has 2 N–H and O–H groups in total. The summed E-state index contributed by atoms with van der Waals surface area (Å²) in [4.78, 5) is 45.8. The van der Waals surface area contributed by atoms with Crippen molar-refractivity contribution in [2.24, 2.45) is 0 Å². The fraction of sp³-hybridized carbons (Fsp3) is 0.692. The van der Waals surface area contributed by atoms with Gasteiger partial charge in [-0.3, -0.25) is 9.69 Å². The Labute approximate surface area is 127 Å². The summed E-state index contributed by atoms with van der Waals surface area (Å²) in [6.07, 6.45) is -3.20. The average Bonchev–Trinajstić information content (AvgIpc) is 2.30. The van der Waals surface area contributed by atoms with Crippen molar-refractivity contribution >= 4 is 24.0 Å². The molecule has 0 saturated carbocycles. The average molecular weight is 319 g/mol. The van der Waals surface area contributed by atoms with E-state index in [1.807, 2.05) is 0 Å². The van der Waals surface area contributed by atoms with Crippen molar-refractivity contribution < 1.29 is 38.9 Å². The van der Waals surface area contributed by atoms with E-state index in [-0.39, 0.29) is 0 Å². The zero-order valence-electron chi connectivity index (χ0n) is 13.2. The van der Waals surface area contributed by atoms with E-state index in [0.29, 0.717) is 0 Å². The van der Waals surface area contributed by atoms with Gasteiger partial charge in [-0.25, -0.2) is 14.4 Å². The first-order valence-electron chi connectivity index (χ1n) is 6.43. The van der Waals surface area contributed by atoms with Crippen LogP contribution in [0.25, 0.3) is 0 Å². The second kappa shape index (κ2) is 7.62. The van der Waals surface area contributed by atoms with E-state index < -0.39 is 48.2 Å². The van der Waals surface area contributed by atoms with Gasteiger partial charge in [0.05, 0.1) is 0 Å². The molecule has 0 aliphatic rings. The van der Waals surface area contributed by atoms with Crippen molar-refractivity contribution in [1.29, 1.82) is 0 Å². The Balaban J connectivity index is 5.12. The van der Waals surface area contributed by atoms with Gasteiger partial charge in [-0.1, -0.05) is 0 Å². The molecular formula is C13H21NO8. The molecule has 0 spiro atoms. The van der Waals surface area contributed by atoms with Crippen LogP contribution < -0.4 is 0 Å². The quantitative estimate of drug-likeness (QED) is 0.684. The number of amides is 1. The SMILES string of the molecule is CC(=O)OC(CC(C(=O)O)N(C)C(=O)OC(C)(C)C)C(=O)O. The Kier molecular flexibility index (Phi) is 6.82. The molecule has 1 amide bonds. The van der Waals surface area contributed by atoms with Crippen LogP contribution in [-0.4, -0.2) is 63.9 Å². The highest BCUT2D eigenvalue weighted by Crippen LogP contribution is 2.15. The van der Waals surface area contributed by atoms with E-state index in [2.05, 4.69) is 4.74 Å². The summed E-state index contributed by atoms with van der Waals surface area (Å²) in [5.74, 6) is -3.80. The molecule has 0 aromatic heterocycles. The predicted octanol–water partition coefficient (Wildman–Crippen LogP) is 0.713. The Hall–Kier alpha value is -2.32. The number of hydrogen-bond donors (Lipinski definition) is 2. The monoisotopic (exact) mass is 319 g/mol. The van der Waals surface area contributed by atoms with Crippen LogP contribution in [0.5, 0.6) is 0 Å². The molecule has 0 heterocycles. The number of nitrogens with zero attached hydrogens (tertiary/aromatic N) is 1. The van der Waals surface area contributed by atoms with Crippen molar-refractivity contribution in [3.05, 3.63) is 0 Å². The normalized spacial score (nSPS) is 13.7. The van der Waals surface area contributed by atoms with Crippen molar-refractivity contribution in [1.82, 2.24) is 4.90 Å². The van der Waals surface area contributed by atoms with Crippen LogP contribution >= 0.6 is 0 Å². The van der Waals surface area contributed by atoms with Crippen molar-refractivity contribution in [3.63, 3.8) is 0 Å². The van der Waals surface area contributed by atoms with Crippen LogP contribution in [0.15, 0.2) is 0 Å². The highest BCUT2D eigenvalue weighted by atomic mass is 16.6. The highest BCUT2D eigenvalue weighted by molar-refractivity contribution is 5.82. The predicted molar refractivity (Wildman–Crippen MR) is 73.2 cm³/mol. The fourth-order valence-electron chi connectivity index (χ4n) is 1.49. The molecule has 0 aromatic carbocycles. The minimum absolute atomic E-state index is 0.597. The summed E-state index contributed by atoms with van der Waals surface area (Å²) in [5, 5.41) is 18.1.